The Morgan fingerprint density at radius 2 is 1.97 bits per heavy atom. The fraction of sp³-hybridized carbons (Fsp3) is 0.370. The number of aromatic nitrogens is 2. The molecule has 1 amide bonds. The Morgan fingerprint density at radius 3 is 2.71 bits per heavy atom. The maximum atomic E-state index is 12.1. The summed E-state index contributed by atoms with van der Waals surface area (Å²) in [5.41, 5.74) is 4.93. The first-order chi connectivity index (χ1) is 16.8. The summed E-state index contributed by atoms with van der Waals surface area (Å²) in [6.45, 7) is 7.92. The molecule has 35 heavy (non-hydrogen) atoms. The molecule has 3 aliphatic rings. The van der Waals surface area contributed by atoms with Gasteiger partial charge in [0, 0.05) is 48.3 Å². The summed E-state index contributed by atoms with van der Waals surface area (Å²) < 4.78 is 5.93. The number of piperazine rings is 1. The Hall–Kier alpha value is -3.65. The molecule has 1 aromatic heterocycles. The van der Waals surface area contributed by atoms with E-state index in [2.05, 4.69) is 57.6 Å². The molecule has 2 fully saturated rings. The van der Waals surface area contributed by atoms with Gasteiger partial charge in [-0.2, -0.15) is 0 Å². The Morgan fingerprint density at radius 1 is 1.11 bits per heavy atom. The van der Waals surface area contributed by atoms with Crippen molar-refractivity contribution in [3.8, 4) is 17.0 Å². The van der Waals surface area contributed by atoms with Crippen LogP contribution in [0.2, 0.25) is 0 Å². The van der Waals surface area contributed by atoms with Crippen LogP contribution in [0.3, 0.4) is 0 Å². The van der Waals surface area contributed by atoms with E-state index in [1.807, 2.05) is 24.3 Å². The molecule has 2 N–H and O–H groups in total. The Bertz CT molecular complexity index is 1320. The van der Waals surface area contributed by atoms with Crippen LogP contribution >= 0.6 is 0 Å². The van der Waals surface area contributed by atoms with E-state index < -0.39 is 5.60 Å². The van der Waals surface area contributed by atoms with E-state index in [4.69, 9.17) is 9.72 Å². The van der Waals surface area contributed by atoms with Crippen LogP contribution < -0.4 is 20.3 Å². The third-order valence-corrected chi connectivity index (χ3v) is 7.37. The second kappa shape index (κ2) is 7.95. The van der Waals surface area contributed by atoms with Crippen molar-refractivity contribution in [2.24, 2.45) is 0 Å². The van der Waals surface area contributed by atoms with E-state index in [0.717, 1.165) is 30.0 Å². The van der Waals surface area contributed by atoms with Crippen LogP contribution in [0.25, 0.3) is 11.3 Å². The number of fused-ring (bicyclic) bond motifs is 3. The number of hydrogen-bond acceptors (Lipinski definition) is 7. The Labute approximate surface area is 205 Å². The zero-order valence-electron chi connectivity index (χ0n) is 20.5. The molecule has 8 nitrogen and oxygen atoms in total. The molecule has 8 heteroatoms. The molecule has 2 aromatic carbocycles. The first kappa shape index (κ1) is 21.9. The van der Waals surface area contributed by atoms with Gasteiger partial charge in [0.15, 0.2) is 5.60 Å². The Balaban J connectivity index is 1.21. The molecule has 0 saturated carbocycles. The van der Waals surface area contributed by atoms with Gasteiger partial charge < -0.3 is 20.3 Å². The van der Waals surface area contributed by atoms with Crippen molar-refractivity contribution < 1.29 is 9.53 Å². The van der Waals surface area contributed by atoms with Crippen LogP contribution in [0.1, 0.15) is 25.8 Å². The van der Waals surface area contributed by atoms with Crippen molar-refractivity contribution in [3.63, 3.8) is 0 Å². The molecule has 2 atom stereocenters. The Kier molecular flexibility index (Phi) is 4.96. The second-order valence-corrected chi connectivity index (χ2v) is 10.3. The minimum Gasteiger partial charge on any atom is -0.476 e. The van der Waals surface area contributed by atoms with Crippen molar-refractivity contribution in [1.82, 2.24) is 14.9 Å². The lowest BCUT2D eigenvalue weighted by Crippen LogP contribution is -2.45. The molecule has 2 bridgehead atoms. The maximum absolute atomic E-state index is 12.1. The lowest BCUT2D eigenvalue weighted by atomic mass is 10.0. The van der Waals surface area contributed by atoms with Gasteiger partial charge in [-0.25, -0.2) is 9.97 Å². The van der Waals surface area contributed by atoms with Crippen molar-refractivity contribution in [2.45, 2.75) is 44.9 Å². The highest BCUT2D eigenvalue weighted by molar-refractivity contribution is 6.00. The largest absolute Gasteiger partial charge is 0.476 e. The average Bonchev–Trinajstić information content (AvgIpc) is 3.39. The number of hydrogen-bond donors (Lipinski definition) is 2. The average molecular weight is 471 g/mol. The number of ether oxygens (including phenoxy) is 1. The number of carbonyl (C=O) groups is 1. The van der Waals surface area contributed by atoms with Crippen LogP contribution in [-0.4, -0.2) is 58.6 Å². The molecule has 6 rings (SSSR count). The molecule has 0 aliphatic carbocycles. The van der Waals surface area contributed by atoms with Gasteiger partial charge in [-0.15, -0.1) is 0 Å². The van der Waals surface area contributed by atoms with Crippen LogP contribution in [0.4, 0.5) is 23.0 Å². The quantitative estimate of drug-likeness (QED) is 0.591. The summed E-state index contributed by atoms with van der Waals surface area (Å²) >= 11 is 0. The minimum atomic E-state index is -0.918. The van der Waals surface area contributed by atoms with Crippen LogP contribution in [-0.2, 0) is 4.79 Å². The number of anilines is 4. The van der Waals surface area contributed by atoms with Gasteiger partial charge in [0.2, 0.25) is 5.95 Å². The summed E-state index contributed by atoms with van der Waals surface area (Å²) in [5.74, 6) is 1.01. The number of likely N-dealkylation sites (N-methyl/N-ethyl adjacent to an activating group) is 1. The lowest BCUT2D eigenvalue weighted by Gasteiger charge is -2.34. The standard InChI is InChI=1S/C27H30N6O2/c1-16-11-18(6-8-23(16)33-15-19-13-20(33)14-32(19)4)29-26-28-10-9-21(31-26)17-5-7-22-24(12-17)35-27(2,3)25(34)30-22/h5-12,19-20H,13-15H2,1-4H3,(H,30,34)(H,28,29,31)/t19-,20-/m0/s1. The van der Waals surface area contributed by atoms with Gasteiger partial charge in [-0.3, -0.25) is 9.69 Å². The minimum absolute atomic E-state index is 0.155. The van der Waals surface area contributed by atoms with Gasteiger partial charge in [0.05, 0.1) is 11.4 Å². The predicted octanol–water partition coefficient (Wildman–Crippen LogP) is 4.20. The van der Waals surface area contributed by atoms with E-state index in [1.165, 1.54) is 17.7 Å². The highest BCUT2D eigenvalue weighted by Gasteiger charge is 2.41. The second-order valence-electron chi connectivity index (χ2n) is 10.3. The van der Waals surface area contributed by atoms with Gasteiger partial charge in [0.25, 0.3) is 5.91 Å². The van der Waals surface area contributed by atoms with Crippen molar-refractivity contribution in [3.05, 3.63) is 54.2 Å². The number of benzene rings is 2. The van der Waals surface area contributed by atoms with E-state index >= 15 is 0 Å². The highest BCUT2D eigenvalue weighted by Crippen LogP contribution is 2.38. The molecular formula is C27H30N6O2. The fourth-order valence-corrected chi connectivity index (χ4v) is 5.39. The molecule has 4 heterocycles. The third-order valence-electron chi connectivity index (χ3n) is 7.37. The van der Waals surface area contributed by atoms with Crippen molar-refractivity contribution in [2.75, 3.05) is 35.7 Å². The zero-order chi connectivity index (χ0) is 24.3. The van der Waals surface area contributed by atoms with Crippen LogP contribution in [0, 0.1) is 6.92 Å². The molecular weight excluding hydrogens is 440 g/mol. The zero-order valence-corrected chi connectivity index (χ0v) is 20.5. The third kappa shape index (κ3) is 3.87. The summed E-state index contributed by atoms with van der Waals surface area (Å²) in [7, 11) is 2.23. The number of aryl methyl sites for hydroxylation is 1. The number of likely N-dealkylation sites (tertiary alicyclic amines) is 1. The topological polar surface area (TPSA) is 82.6 Å². The molecule has 3 aliphatic heterocycles. The van der Waals surface area contributed by atoms with E-state index in [0.29, 0.717) is 29.5 Å². The summed E-state index contributed by atoms with van der Waals surface area (Å²) in [4.78, 5) is 26.3. The first-order valence-corrected chi connectivity index (χ1v) is 12.1. The maximum Gasteiger partial charge on any atom is 0.268 e. The summed E-state index contributed by atoms with van der Waals surface area (Å²) in [6.07, 6.45) is 3.00. The van der Waals surface area contributed by atoms with E-state index in [1.54, 1.807) is 20.0 Å². The monoisotopic (exact) mass is 470 g/mol. The van der Waals surface area contributed by atoms with E-state index in [-0.39, 0.29) is 5.91 Å². The molecule has 3 aromatic rings. The number of rotatable bonds is 4. The molecule has 2 saturated heterocycles. The number of amides is 1. The lowest BCUT2D eigenvalue weighted by molar-refractivity contribution is -0.129. The normalized spacial score (nSPS) is 22.5. The molecule has 0 unspecified atom stereocenters. The predicted molar refractivity (Wildman–Crippen MR) is 137 cm³/mol. The smallest absolute Gasteiger partial charge is 0.268 e. The number of nitrogens with zero attached hydrogens (tertiary/aromatic N) is 4. The van der Waals surface area contributed by atoms with E-state index in [9.17, 15) is 4.79 Å². The SMILES string of the molecule is Cc1cc(Nc2nccc(-c3ccc4c(c3)OC(C)(C)C(=O)N4)n2)ccc1N1C[C@@H]2C[C@H]1CN2C. The van der Waals surface area contributed by atoms with Crippen LogP contribution in [0.5, 0.6) is 5.75 Å². The van der Waals surface area contributed by atoms with Crippen LogP contribution in [0.15, 0.2) is 48.7 Å². The van der Waals surface area contributed by atoms with Gasteiger partial charge in [-0.05, 0) is 76.2 Å². The number of nitrogens with one attached hydrogen (secondary N) is 2. The highest BCUT2D eigenvalue weighted by atomic mass is 16.5. The first-order valence-electron chi connectivity index (χ1n) is 12.1. The number of carbonyl (C=O) groups excluding carboxylic acids is 1. The molecule has 0 spiro atoms. The van der Waals surface area contributed by atoms with Crippen molar-refractivity contribution in [1.29, 1.82) is 0 Å². The van der Waals surface area contributed by atoms with Gasteiger partial charge in [0.1, 0.15) is 5.75 Å². The van der Waals surface area contributed by atoms with Gasteiger partial charge in [-0.1, -0.05) is 6.07 Å². The molecule has 180 valence electrons. The van der Waals surface area contributed by atoms with Crippen molar-refractivity contribution >= 4 is 28.9 Å². The van der Waals surface area contributed by atoms with Gasteiger partial charge >= 0.3 is 0 Å². The summed E-state index contributed by atoms with van der Waals surface area (Å²) in [5, 5.41) is 6.26. The fourth-order valence-electron chi connectivity index (χ4n) is 5.39. The molecule has 0 radical (unpaired) electrons. The summed E-state index contributed by atoms with van der Waals surface area (Å²) in [6, 6.07) is 15.3.